The van der Waals surface area contributed by atoms with Crippen molar-refractivity contribution < 1.29 is 14.7 Å². The van der Waals surface area contributed by atoms with Crippen molar-refractivity contribution in [2.24, 2.45) is 0 Å². The summed E-state index contributed by atoms with van der Waals surface area (Å²) in [5, 5.41) is 14.7. The number of imide groups is 1. The molecule has 0 spiro atoms. The lowest BCUT2D eigenvalue weighted by atomic mass is 9.95. The minimum Gasteiger partial charge on any atom is -0.508 e. The Labute approximate surface area is 91.5 Å². The van der Waals surface area contributed by atoms with E-state index >= 15 is 0 Å². The summed E-state index contributed by atoms with van der Waals surface area (Å²) in [6, 6.07) is 4.48. The van der Waals surface area contributed by atoms with Gasteiger partial charge in [-0.3, -0.25) is 10.1 Å². The normalized spacial score (nSPS) is 26.8. The summed E-state index contributed by atoms with van der Waals surface area (Å²) in [6.07, 6.45) is 0.591. The molecule has 0 saturated carbocycles. The van der Waals surface area contributed by atoms with E-state index in [1.807, 2.05) is 6.07 Å². The molecule has 5 heteroatoms. The molecule has 1 aliphatic heterocycles. The molecule has 2 aliphatic rings. The first-order valence-electron chi connectivity index (χ1n) is 5.09. The van der Waals surface area contributed by atoms with Crippen LogP contribution in [0.4, 0.5) is 4.79 Å². The summed E-state index contributed by atoms with van der Waals surface area (Å²) < 4.78 is 0. The quantitative estimate of drug-likeness (QED) is 0.583. The van der Waals surface area contributed by atoms with Gasteiger partial charge in [-0.25, -0.2) is 4.79 Å². The fourth-order valence-electron chi connectivity index (χ4n) is 2.53. The van der Waals surface area contributed by atoms with E-state index in [1.165, 1.54) is 0 Å². The molecular weight excluding hydrogens is 208 g/mol. The summed E-state index contributed by atoms with van der Waals surface area (Å²) in [4.78, 5) is 22.9. The Kier molecular flexibility index (Phi) is 1.71. The molecule has 0 bridgehead atoms. The minimum absolute atomic E-state index is 0.122. The number of urea groups is 1. The third kappa shape index (κ3) is 1.11. The van der Waals surface area contributed by atoms with Gasteiger partial charge in [-0.1, -0.05) is 12.1 Å². The van der Waals surface area contributed by atoms with Gasteiger partial charge in [-0.2, -0.15) is 0 Å². The third-order valence-electron chi connectivity index (χ3n) is 3.16. The molecule has 1 heterocycles. The van der Waals surface area contributed by atoms with Crippen LogP contribution in [0.25, 0.3) is 0 Å². The van der Waals surface area contributed by atoms with Crippen molar-refractivity contribution in [3.63, 3.8) is 0 Å². The van der Waals surface area contributed by atoms with Crippen molar-refractivity contribution >= 4 is 11.9 Å². The molecule has 16 heavy (non-hydrogen) atoms. The summed E-state index contributed by atoms with van der Waals surface area (Å²) in [5.41, 5.74) is 1.57. The molecule has 82 valence electrons. The molecule has 2 unspecified atom stereocenters. The van der Waals surface area contributed by atoms with E-state index in [1.54, 1.807) is 12.1 Å². The number of fused-ring (bicyclic) bond motifs is 3. The second kappa shape index (κ2) is 2.98. The monoisotopic (exact) mass is 218 g/mol. The lowest BCUT2D eigenvalue weighted by molar-refractivity contribution is -0.122. The van der Waals surface area contributed by atoms with E-state index in [-0.39, 0.29) is 17.7 Å². The number of aromatic hydroxyl groups is 1. The van der Waals surface area contributed by atoms with Crippen LogP contribution in [-0.2, 0) is 11.2 Å². The molecule has 2 atom stereocenters. The van der Waals surface area contributed by atoms with Crippen molar-refractivity contribution in [1.29, 1.82) is 0 Å². The molecule has 3 amide bonds. The zero-order chi connectivity index (χ0) is 11.3. The fraction of sp³-hybridized carbons (Fsp3) is 0.273. The van der Waals surface area contributed by atoms with Crippen LogP contribution in [0.2, 0.25) is 0 Å². The number of amides is 3. The third-order valence-corrected chi connectivity index (χ3v) is 3.16. The Morgan fingerprint density at radius 2 is 2.12 bits per heavy atom. The summed E-state index contributed by atoms with van der Waals surface area (Å²) in [6.45, 7) is 0. The summed E-state index contributed by atoms with van der Waals surface area (Å²) in [7, 11) is 0. The Hall–Kier alpha value is -2.04. The Morgan fingerprint density at radius 1 is 1.31 bits per heavy atom. The summed E-state index contributed by atoms with van der Waals surface area (Å²) >= 11 is 0. The van der Waals surface area contributed by atoms with Crippen LogP contribution in [0.15, 0.2) is 18.2 Å². The van der Waals surface area contributed by atoms with Crippen LogP contribution in [-0.4, -0.2) is 23.1 Å². The molecule has 1 aliphatic carbocycles. The van der Waals surface area contributed by atoms with Crippen LogP contribution in [0.1, 0.15) is 17.0 Å². The predicted molar refractivity (Wildman–Crippen MR) is 55.0 cm³/mol. The number of hydrogen-bond acceptors (Lipinski definition) is 3. The second-order valence-corrected chi connectivity index (χ2v) is 4.10. The van der Waals surface area contributed by atoms with Gasteiger partial charge in [0.2, 0.25) is 5.91 Å². The molecule has 0 aromatic heterocycles. The smallest absolute Gasteiger partial charge is 0.321 e. The maximum absolute atomic E-state index is 11.7. The van der Waals surface area contributed by atoms with Crippen molar-refractivity contribution in [3.05, 3.63) is 29.3 Å². The number of phenols is 1. The van der Waals surface area contributed by atoms with E-state index in [2.05, 4.69) is 10.6 Å². The Balaban J connectivity index is 2.10. The van der Waals surface area contributed by atoms with Gasteiger partial charge < -0.3 is 10.4 Å². The van der Waals surface area contributed by atoms with Crippen LogP contribution < -0.4 is 10.6 Å². The Morgan fingerprint density at radius 3 is 2.94 bits per heavy atom. The van der Waals surface area contributed by atoms with Crippen molar-refractivity contribution in [2.45, 2.75) is 18.4 Å². The molecule has 1 aromatic rings. The van der Waals surface area contributed by atoms with E-state index in [0.717, 1.165) is 5.56 Å². The largest absolute Gasteiger partial charge is 0.508 e. The van der Waals surface area contributed by atoms with Crippen LogP contribution in [0, 0.1) is 0 Å². The zero-order valence-electron chi connectivity index (χ0n) is 8.36. The number of rotatable bonds is 0. The van der Waals surface area contributed by atoms with Crippen LogP contribution >= 0.6 is 0 Å². The molecule has 3 N–H and O–H groups in total. The minimum atomic E-state index is -0.464. The van der Waals surface area contributed by atoms with Gasteiger partial charge in [0.05, 0.1) is 12.0 Å². The second-order valence-electron chi connectivity index (χ2n) is 4.10. The zero-order valence-corrected chi connectivity index (χ0v) is 8.36. The first-order valence-corrected chi connectivity index (χ1v) is 5.09. The molecule has 1 aromatic carbocycles. The van der Waals surface area contributed by atoms with Gasteiger partial charge in [0, 0.05) is 5.56 Å². The van der Waals surface area contributed by atoms with Crippen molar-refractivity contribution in [2.75, 3.05) is 0 Å². The molecule has 0 radical (unpaired) electrons. The maximum Gasteiger partial charge on any atom is 0.321 e. The van der Waals surface area contributed by atoms with Gasteiger partial charge in [0.15, 0.2) is 0 Å². The maximum atomic E-state index is 11.7. The lowest BCUT2D eigenvalue weighted by Crippen LogP contribution is -2.55. The first-order chi connectivity index (χ1) is 7.66. The van der Waals surface area contributed by atoms with Gasteiger partial charge in [-0.05, 0) is 18.1 Å². The molecular formula is C11H10N2O3. The van der Waals surface area contributed by atoms with Crippen molar-refractivity contribution in [1.82, 2.24) is 10.6 Å². The van der Waals surface area contributed by atoms with Gasteiger partial charge >= 0.3 is 6.03 Å². The molecule has 1 fully saturated rings. The number of phenolic OH excluding ortho intramolecular Hbond substituents is 1. The highest BCUT2D eigenvalue weighted by atomic mass is 16.3. The fourth-order valence-corrected chi connectivity index (χ4v) is 2.53. The first kappa shape index (κ1) is 9.21. The Bertz CT molecular complexity index is 498. The molecule has 5 nitrogen and oxygen atoms in total. The molecule has 3 rings (SSSR count). The SMILES string of the molecule is O=C1NC(=O)C2c3c(O)cccc3CC2N1. The van der Waals surface area contributed by atoms with E-state index in [9.17, 15) is 14.7 Å². The number of hydrogen-bond donors (Lipinski definition) is 3. The standard InChI is InChI=1S/C11H10N2O3/c14-7-3-1-2-5-4-6-9(8(5)7)10(15)13-11(16)12-6/h1-3,6,9,14H,4H2,(H2,12,13,15,16). The lowest BCUT2D eigenvalue weighted by Gasteiger charge is -2.26. The van der Waals surface area contributed by atoms with E-state index in [4.69, 9.17) is 0 Å². The average molecular weight is 218 g/mol. The van der Waals surface area contributed by atoms with Gasteiger partial charge in [0.25, 0.3) is 0 Å². The average Bonchev–Trinajstić information content (AvgIpc) is 2.56. The van der Waals surface area contributed by atoms with Gasteiger partial charge in [-0.15, -0.1) is 0 Å². The predicted octanol–water partition coefficient (Wildman–Crippen LogP) is 0.240. The van der Waals surface area contributed by atoms with Crippen LogP contribution in [0.5, 0.6) is 5.75 Å². The number of benzene rings is 1. The molecule has 1 saturated heterocycles. The topological polar surface area (TPSA) is 78.4 Å². The highest BCUT2D eigenvalue weighted by Crippen LogP contribution is 2.40. The number of nitrogens with one attached hydrogen (secondary N) is 2. The highest BCUT2D eigenvalue weighted by molar-refractivity contribution is 6.02. The van der Waals surface area contributed by atoms with E-state index in [0.29, 0.717) is 12.0 Å². The van der Waals surface area contributed by atoms with Gasteiger partial charge in [0.1, 0.15) is 5.75 Å². The highest BCUT2D eigenvalue weighted by Gasteiger charge is 2.43. The van der Waals surface area contributed by atoms with E-state index < -0.39 is 11.9 Å². The van der Waals surface area contributed by atoms with Crippen LogP contribution in [0.3, 0.4) is 0 Å². The summed E-state index contributed by atoms with van der Waals surface area (Å²) in [5.74, 6) is -0.681. The number of carbonyl (C=O) groups excluding carboxylic acids is 2. The van der Waals surface area contributed by atoms with Crippen molar-refractivity contribution in [3.8, 4) is 5.75 Å². The number of carbonyl (C=O) groups is 2.